The van der Waals surface area contributed by atoms with Crippen LogP contribution in [0.2, 0.25) is 0 Å². The first-order valence-electron chi connectivity index (χ1n) is 3.88. The predicted octanol–water partition coefficient (Wildman–Crippen LogP) is 1.81. The van der Waals surface area contributed by atoms with Crippen LogP contribution in [0.5, 0.6) is 0 Å². The number of anilines is 1. The number of nitrogen functional groups attached to an aromatic ring is 1. The number of Topliss-reactive ketones (excluding diaryl/α,β-unsaturated/α-hetero) is 1. The summed E-state index contributed by atoms with van der Waals surface area (Å²) in [5.74, 6) is 4.03. The highest BCUT2D eigenvalue weighted by molar-refractivity contribution is 5.78. The largest absolute Gasteiger partial charge is 0.324 e. The number of benzene rings is 1. The smallest absolute Gasteiger partial charge is 0.295 e. The van der Waals surface area contributed by atoms with E-state index in [-0.39, 0.29) is 0 Å². The van der Waals surface area contributed by atoms with Crippen LogP contribution in [0, 0.1) is 0 Å². The summed E-state index contributed by atoms with van der Waals surface area (Å²) in [4.78, 5) is 9.39. The van der Waals surface area contributed by atoms with Crippen LogP contribution in [-0.4, -0.2) is 12.2 Å². The van der Waals surface area contributed by atoms with E-state index in [1.54, 1.807) is 0 Å². The van der Waals surface area contributed by atoms with Gasteiger partial charge in [0.05, 0.1) is 0 Å². The van der Waals surface area contributed by atoms with E-state index in [1.165, 1.54) is 0 Å². The van der Waals surface area contributed by atoms with Crippen molar-refractivity contribution in [3.63, 3.8) is 0 Å². The topological polar surface area (TPSA) is 55.1 Å². The van der Waals surface area contributed by atoms with Gasteiger partial charge in [-0.3, -0.25) is 10.6 Å². The van der Waals surface area contributed by atoms with Gasteiger partial charge in [0.15, 0.2) is 5.78 Å². The maximum Gasteiger partial charge on any atom is 0.295 e. The van der Waals surface area contributed by atoms with E-state index < -0.39 is 12.2 Å². The summed E-state index contributed by atoms with van der Waals surface area (Å²) < 4.78 is 21.6. The number of alkyl halides is 2. The Balaban J connectivity index is 0.000000255. The maximum absolute atomic E-state index is 10.8. The standard InChI is InChI=1S/C6H8N2.C3H4F2O/c7-8-6-4-2-1-3-5-6;1-2(6)3(4)5/h1-5,8H,7H2;3H,1H3. The quantitative estimate of drug-likeness (QED) is 0.568. The first-order valence-corrected chi connectivity index (χ1v) is 3.88. The molecule has 0 aliphatic heterocycles. The van der Waals surface area contributed by atoms with Gasteiger partial charge >= 0.3 is 0 Å². The van der Waals surface area contributed by atoms with Crippen LogP contribution in [0.1, 0.15) is 6.92 Å². The first-order chi connectivity index (χ1) is 6.57. The lowest BCUT2D eigenvalue weighted by Crippen LogP contribution is -2.05. The summed E-state index contributed by atoms with van der Waals surface area (Å²) in [6.07, 6.45) is -2.79. The molecule has 1 aromatic carbocycles. The van der Waals surface area contributed by atoms with Gasteiger partial charge in [-0.05, 0) is 12.1 Å². The van der Waals surface area contributed by atoms with Crippen LogP contribution in [0.25, 0.3) is 0 Å². The number of ketones is 1. The number of nitrogens with two attached hydrogens (primary N) is 1. The Morgan fingerprint density at radius 3 is 2.00 bits per heavy atom. The summed E-state index contributed by atoms with van der Waals surface area (Å²) >= 11 is 0. The third-order valence-electron chi connectivity index (χ3n) is 1.25. The summed E-state index contributed by atoms with van der Waals surface area (Å²) in [5.41, 5.74) is 3.46. The number of carbonyl (C=O) groups is 1. The molecule has 0 atom stereocenters. The summed E-state index contributed by atoms with van der Waals surface area (Å²) in [5, 5.41) is 0. The normalized spacial score (nSPS) is 8.93. The van der Waals surface area contributed by atoms with Gasteiger partial charge in [-0.2, -0.15) is 0 Å². The van der Waals surface area contributed by atoms with Gasteiger partial charge < -0.3 is 5.43 Å². The first kappa shape index (κ1) is 12.5. The van der Waals surface area contributed by atoms with E-state index in [4.69, 9.17) is 5.84 Å². The van der Waals surface area contributed by atoms with E-state index in [9.17, 15) is 13.6 Å². The zero-order valence-electron chi connectivity index (χ0n) is 7.71. The molecule has 0 aliphatic rings. The fraction of sp³-hybridized carbons (Fsp3) is 0.222. The molecule has 0 unspecified atom stereocenters. The third kappa shape index (κ3) is 6.07. The van der Waals surface area contributed by atoms with E-state index in [2.05, 4.69) is 5.43 Å². The molecule has 0 fully saturated rings. The lowest BCUT2D eigenvalue weighted by atomic mass is 10.3. The molecule has 0 aromatic heterocycles. The Hall–Kier alpha value is -1.49. The van der Waals surface area contributed by atoms with Crippen molar-refractivity contribution in [1.29, 1.82) is 0 Å². The van der Waals surface area contributed by atoms with Crippen molar-refractivity contribution >= 4 is 11.5 Å². The van der Waals surface area contributed by atoms with Crippen LogP contribution in [0.15, 0.2) is 30.3 Å². The summed E-state index contributed by atoms with van der Waals surface area (Å²) in [6.45, 7) is 0.852. The average molecular weight is 202 g/mol. The predicted molar refractivity (Wildman–Crippen MR) is 50.9 cm³/mol. The molecule has 5 heteroatoms. The highest BCUT2D eigenvalue weighted by Crippen LogP contribution is 2.00. The van der Waals surface area contributed by atoms with Gasteiger partial charge in [0.1, 0.15) is 0 Å². The monoisotopic (exact) mass is 202 g/mol. The zero-order valence-corrected chi connectivity index (χ0v) is 7.71. The molecule has 1 aromatic rings. The zero-order chi connectivity index (χ0) is 11.0. The molecule has 3 nitrogen and oxygen atoms in total. The molecule has 0 bridgehead atoms. The second-order valence-corrected chi connectivity index (χ2v) is 2.42. The number of carbonyl (C=O) groups excluding carboxylic acids is 1. The van der Waals surface area contributed by atoms with Crippen molar-refractivity contribution in [2.75, 3.05) is 5.43 Å². The van der Waals surface area contributed by atoms with Crippen molar-refractivity contribution in [3.05, 3.63) is 30.3 Å². The van der Waals surface area contributed by atoms with Crippen molar-refractivity contribution < 1.29 is 13.6 Å². The van der Waals surface area contributed by atoms with E-state index >= 15 is 0 Å². The minimum absolute atomic E-state index is 0.852. The number of halogens is 2. The van der Waals surface area contributed by atoms with Crippen LogP contribution >= 0.6 is 0 Å². The van der Waals surface area contributed by atoms with Crippen molar-refractivity contribution in [2.45, 2.75) is 13.3 Å². The van der Waals surface area contributed by atoms with Crippen molar-refractivity contribution in [3.8, 4) is 0 Å². The Bertz CT molecular complexity index is 265. The van der Waals surface area contributed by atoms with Crippen LogP contribution in [0.4, 0.5) is 14.5 Å². The van der Waals surface area contributed by atoms with E-state index in [1.807, 2.05) is 30.3 Å². The molecule has 3 N–H and O–H groups in total. The van der Waals surface area contributed by atoms with Crippen LogP contribution in [-0.2, 0) is 4.79 Å². The summed E-state index contributed by atoms with van der Waals surface area (Å²) in [6, 6.07) is 9.60. The lowest BCUT2D eigenvalue weighted by molar-refractivity contribution is -0.127. The van der Waals surface area contributed by atoms with Crippen molar-refractivity contribution in [1.82, 2.24) is 0 Å². The van der Waals surface area contributed by atoms with Gasteiger partial charge in [-0.25, -0.2) is 8.78 Å². The van der Waals surface area contributed by atoms with E-state index in [0.29, 0.717) is 0 Å². The Kier molecular flexibility index (Phi) is 6.22. The Morgan fingerprint density at radius 1 is 1.36 bits per heavy atom. The molecule has 14 heavy (non-hydrogen) atoms. The third-order valence-corrected chi connectivity index (χ3v) is 1.25. The highest BCUT2D eigenvalue weighted by atomic mass is 19.3. The number of nitrogens with one attached hydrogen (secondary N) is 1. The Morgan fingerprint density at radius 2 is 1.79 bits per heavy atom. The minimum Gasteiger partial charge on any atom is -0.324 e. The molecule has 78 valence electrons. The number of hydrogen-bond donors (Lipinski definition) is 2. The number of hydrogen-bond acceptors (Lipinski definition) is 3. The van der Waals surface area contributed by atoms with Crippen molar-refractivity contribution in [2.24, 2.45) is 5.84 Å². The molecule has 0 saturated carbocycles. The Labute approximate surface area is 80.9 Å². The van der Waals surface area contributed by atoms with Crippen LogP contribution < -0.4 is 11.3 Å². The number of rotatable bonds is 2. The highest BCUT2D eigenvalue weighted by Gasteiger charge is 2.05. The van der Waals surface area contributed by atoms with Gasteiger partial charge in [-0.15, -0.1) is 0 Å². The second-order valence-electron chi connectivity index (χ2n) is 2.42. The lowest BCUT2D eigenvalue weighted by Gasteiger charge is -1.94. The SMILES string of the molecule is CC(=O)C(F)F.NNc1ccccc1. The molecule has 1 rings (SSSR count). The maximum atomic E-state index is 10.8. The number of hydrazine groups is 1. The molecule has 0 amide bonds. The van der Waals surface area contributed by atoms with Gasteiger partial charge in [0, 0.05) is 12.6 Å². The van der Waals surface area contributed by atoms with E-state index in [0.717, 1.165) is 12.6 Å². The molecular weight excluding hydrogens is 190 g/mol. The molecule has 0 heterocycles. The average Bonchev–Trinajstić information content (AvgIpc) is 2.20. The van der Waals surface area contributed by atoms with Gasteiger partial charge in [-0.1, -0.05) is 18.2 Å². The second kappa shape index (κ2) is 6.97. The van der Waals surface area contributed by atoms with Gasteiger partial charge in [0.2, 0.25) is 0 Å². The minimum atomic E-state index is -2.79. The van der Waals surface area contributed by atoms with Gasteiger partial charge in [0.25, 0.3) is 6.43 Å². The molecule has 0 radical (unpaired) electrons. The molecule has 0 spiro atoms. The fourth-order valence-electron chi connectivity index (χ4n) is 0.534. The molecule has 0 aliphatic carbocycles. The number of para-hydroxylation sites is 1. The van der Waals surface area contributed by atoms with Crippen LogP contribution in [0.3, 0.4) is 0 Å². The fourth-order valence-corrected chi connectivity index (χ4v) is 0.534. The molecular formula is C9H12F2N2O. The molecule has 0 saturated heterocycles. The summed E-state index contributed by atoms with van der Waals surface area (Å²) in [7, 11) is 0.